The summed E-state index contributed by atoms with van der Waals surface area (Å²) in [4.78, 5) is 14.1. The highest BCUT2D eigenvalue weighted by molar-refractivity contribution is 7.97. The van der Waals surface area contributed by atoms with Gasteiger partial charge in [-0.25, -0.2) is 4.98 Å². The monoisotopic (exact) mass is 190 g/mol. The molecule has 0 saturated heterocycles. The Labute approximate surface area is 72.0 Å². The summed E-state index contributed by atoms with van der Waals surface area (Å²) >= 11 is 2.26. The zero-order chi connectivity index (χ0) is 8.27. The van der Waals surface area contributed by atoms with E-state index in [2.05, 4.69) is 9.17 Å². The van der Waals surface area contributed by atoms with Crippen molar-refractivity contribution in [3.05, 3.63) is 6.20 Å². The summed E-state index contributed by atoms with van der Waals surface area (Å²) in [6.07, 6.45) is 1.56. The van der Waals surface area contributed by atoms with E-state index in [4.69, 9.17) is 5.73 Å². The van der Waals surface area contributed by atoms with Crippen molar-refractivity contribution in [2.75, 3.05) is 5.73 Å². The molecule has 1 aromatic heterocycles. The van der Waals surface area contributed by atoms with Gasteiger partial charge in [0.05, 0.1) is 6.20 Å². The molecule has 0 aliphatic carbocycles. The molecule has 0 saturated carbocycles. The number of aromatic nitrogens is 1. The molecule has 0 aliphatic heterocycles. The molecule has 1 rings (SSSR count). The molecule has 0 unspecified atom stereocenters. The normalized spacial score (nSPS) is 9.55. The van der Waals surface area contributed by atoms with Crippen molar-refractivity contribution in [2.45, 2.75) is 11.1 Å². The SMILES string of the molecule is CC(=O)OSc1cnc(N)s1. The van der Waals surface area contributed by atoms with Crippen molar-refractivity contribution in [3.63, 3.8) is 0 Å². The molecule has 0 amide bonds. The third-order valence-corrected chi connectivity index (χ3v) is 2.41. The fourth-order valence-electron chi connectivity index (χ4n) is 0.410. The lowest BCUT2D eigenvalue weighted by Crippen LogP contribution is -1.87. The maximum atomic E-state index is 10.3. The van der Waals surface area contributed by atoms with Gasteiger partial charge in [0.25, 0.3) is 0 Å². The van der Waals surface area contributed by atoms with E-state index in [1.165, 1.54) is 18.3 Å². The van der Waals surface area contributed by atoms with E-state index in [0.717, 1.165) is 16.3 Å². The van der Waals surface area contributed by atoms with Gasteiger partial charge in [0, 0.05) is 6.92 Å². The Kier molecular flexibility index (Phi) is 2.72. The maximum Gasteiger partial charge on any atom is 0.315 e. The number of nitrogen functional groups attached to an aromatic ring is 1. The van der Waals surface area contributed by atoms with Crippen LogP contribution in [-0.4, -0.2) is 11.0 Å². The Morgan fingerprint density at radius 3 is 3.09 bits per heavy atom. The molecule has 60 valence electrons. The second-order valence-electron chi connectivity index (χ2n) is 1.68. The quantitative estimate of drug-likeness (QED) is 0.712. The average molecular weight is 190 g/mol. The smallest absolute Gasteiger partial charge is 0.315 e. The predicted molar refractivity (Wildman–Crippen MR) is 44.1 cm³/mol. The first-order chi connectivity index (χ1) is 5.18. The van der Waals surface area contributed by atoms with Gasteiger partial charge in [-0.05, 0) is 0 Å². The number of carbonyl (C=O) groups is 1. The van der Waals surface area contributed by atoms with Gasteiger partial charge >= 0.3 is 5.97 Å². The molecule has 0 spiro atoms. The van der Waals surface area contributed by atoms with Gasteiger partial charge in [-0.1, -0.05) is 11.3 Å². The largest absolute Gasteiger partial charge is 0.385 e. The van der Waals surface area contributed by atoms with Crippen molar-refractivity contribution in [1.82, 2.24) is 4.98 Å². The lowest BCUT2D eigenvalue weighted by Gasteiger charge is -1.92. The van der Waals surface area contributed by atoms with Crippen molar-refractivity contribution in [1.29, 1.82) is 0 Å². The van der Waals surface area contributed by atoms with Crippen LogP contribution in [0, 0.1) is 0 Å². The summed E-state index contributed by atoms with van der Waals surface area (Å²) < 4.78 is 5.41. The van der Waals surface area contributed by atoms with Crippen molar-refractivity contribution in [2.24, 2.45) is 0 Å². The number of thiazole rings is 1. The van der Waals surface area contributed by atoms with Gasteiger partial charge < -0.3 is 9.92 Å². The molecular weight excluding hydrogens is 184 g/mol. The number of anilines is 1. The van der Waals surface area contributed by atoms with Crippen LogP contribution >= 0.6 is 23.4 Å². The van der Waals surface area contributed by atoms with E-state index in [1.54, 1.807) is 6.20 Å². The van der Waals surface area contributed by atoms with Gasteiger partial charge in [-0.3, -0.25) is 4.79 Å². The summed E-state index contributed by atoms with van der Waals surface area (Å²) in [7, 11) is 0. The molecule has 2 N–H and O–H groups in total. The number of rotatable bonds is 2. The van der Waals surface area contributed by atoms with Crippen LogP contribution in [0.15, 0.2) is 10.4 Å². The maximum absolute atomic E-state index is 10.3. The highest BCUT2D eigenvalue weighted by Gasteiger charge is 2.01. The Balaban J connectivity index is 2.45. The molecule has 1 aromatic rings. The standard InChI is InChI=1S/C5H6N2O2S2/c1-3(8)9-11-4-2-7-5(6)10-4/h2H,1H3,(H2,6,7). The Morgan fingerprint density at radius 2 is 2.64 bits per heavy atom. The molecule has 1 heterocycles. The Bertz CT molecular complexity index is 261. The Morgan fingerprint density at radius 1 is 1.91 bits per heavy atom. The van der Waals surface area contributed by atoms with Crippen LogP contribution in [0.5, 0.6) is 0 Å². The number of hydrogen-bond donors (Lipinski definition) is 1. The van der Waals surface area contributed by atoms with E-state index in [9.17, 15) is 4.79 Å². The van der Waals surface area contributed by atoms with Crippen LogP contribution in [-0.2, 0) is 8.98 Å². The summed E-state index contributed by atoms with van der Waals surface area (Å²) in [5, 5.41) is 0.472. The van der Waals surface area contributed by atoms with Gasteiger partial charge in [-0.2, -0.15) is 0 Å². The number of carbonyl (C=O) groups excluding carboxylic acids is 1. The molecule has 6 heteroatoms. The van der Waals surface area contributed by atoms with Crippen molar-refractivity contribution in [3.8, 4) is 0 Å². The molecular formula is C5H6N2O2S2. The van der Waals surface area contributed by atoms with Gasteiger partial charge in [0.1, 0.15) is 16.3 Å². The molecule has 0 fully saturated rings. The van der Waals surface area contributed by atoms with Crippen LogP contribution in [0.1, 0.15) is 6.92 Å². The first-order valence-corrected chi connectivity index (χ1v) is 4.30. The number of nitrogens with zero attached hydrogens (tertiary/aromatic N) is 1. The molecule has 4 nitrogen and oxygen atoms in total. The van der Waals surface area contributed by atoms with E-state index in [1.807, 2.05) is 0 Å². The zero-order valence-corrected chi connectivity index (χ0v) is 7.37. The highest BCUT2D eigenvalue weighted by atomic mass is 32.2. The van der Waals surface area contributed by atoms with Crippen LogP contribution in [0.2, 0.25) is 0 Å². The molecule has 0 radical (unpaired) electrons. The fourth-order valence-corrected chi connectivity index (χ4v) is 1.62. The lowest BCUT2D eigenvalue weighted by atomic mass is 10.9. The van der Waals surface area contributed by atoms with E-state index < -0.39 is 0 Å². The molecule has 11 heavy (non-hydrogen) atoms. The minimum Gasteiger partial charge on any atom is -0.385 e. The first kappa shape index (κ1) is 8.35. The van der Waals surface area contributed by atoms with E-state index in [-0.39, 0.29) is 5.97 Å². The first-order valence-electron chi connectivity index (χ1n) is 2.75. The molecule has 0 atom stereocenters. The van der Waals surface area contributed by atoms with Crippen LogP contribution in [0.25, 0.3) is 0 Å². The topological polar surface area (TPSA) is 65.2 Å². The number of hydrogen-bond acceptors (Lipinski definition) is 6. The van der Waals surface area contributed by atoms with Gasteiger partial charge in [0.2, 0.25) is 0 Å². The second kappa shape index (κ2) is 3.59. The van der Waals surface area contributed by atoms with E-state index >= 15 is 0 Å². The summed E-state index contributed by atoms with van der Waals surface area (Å²) in [6, 6.07) is 0. The zero-order valence-electron chi connectivity index (χ0n) is 5.73. The minimum absolute atomic E-state index is 0.332. The highest BCUT2D eigenvalue weighted by Crippen LogP contribution is 2.26. The summed E-state index contributed by atoms with van der Waals surface area (Å²) in [5.74, 6) is -0.332. The fraction of sp³-hybridized carbons (Fsp3) is 0.200. The minimum atomic E-state index is -0.332. The Hall–Kier alpha value is -0.750. The van der Waals surface area contributed by atoms with Crippen LogP contribution < -0.4 is 5.73 Å². The lowest BCUT2D eigenvalue weighted by molar-refractivity contribution is -0.130. The molecule has 0 aliphatic rings. The third-order valence-electron chi connectivity index (χ3n) is 0.744. The average Bonchev–Trinajstić information content (AvgIpc) is 2.31. The van der Waals surface area contributed by atoms with Crippen molar-refractivity contribution >= 4 is 34.5 Å². The van der Waals surface area contributed by atoms with Crippen molar-refractivity contribution < 1.29 is 8.98 Å². The third kappa shape index (κ3) is 2.77. The predicted octanol–water partition coefficient (Wildman–Crippen LogP) is 1.30. The molecule has 0 aromatic carbocycles. The summed E-state index contributed by atoms with van der Waals surface area (Å²) in [6.45, 7) is 1.34. The van der Waals surface area contributed by atoms with Gasteiger partial charge in [-0.15, -0.1) is 0 Å². The van der Waals surface area contributed by atoms with Crippen LogP contribution in [0.4, 0.5) is 5.13 Å². The van der Waals surface area contributed by atoms with Gasteiger partial charge in [0.15, 0.2) is 5.13 Å². The van der Waals surface area contributed by atoms with Crippen LogP contribution in [0.3, 0.4) is 0 Å². The number of nitrogens with two attached hydrogens (primary N) is 1. The van der Waals surface area contributed by atoms with E-state index in [0.29, 0.717) is 5.13 Å². The second-order valence-corrected chi connectivity index (χ2v) is 3.77. The molecule has 0 bridgehead atoms. The summed E-state index contributed by atoms with van der Waals surface area (Å²) in [5.41, 5.74) is 5.34.